The molecule has 3 aliphatic rings. The third-order valence-corrected chi connectivity index (χ3v) is 8.97. The number of aliphatic hydroxyl groups is 1. The maximum Gasteiger partial charge on any atom is 0.326 e. The van der Waals surface area contributed by atoms with Gasteiger partial charge in [0, 0.05) is 30.0 Å². The smallest absolute Gasteiger partial charge is 0.326 e. The topological polar surface area (TPSA) is 140 Å². The number of rotatable bonds is 8. The van der Waals surface area contributed by atoms with Crippen molar-refractivity contribution in [3.63, 3.8) is 0 Å². The molecule has 2 heterocycles. The molecule has 220 valence electrons. The highest BCUT2D eigenvalue weighted by Crippen LogP contribution is 2.38. The molecule has 2 unspecified atom stereocenters. The van der Waals surface area contributed by atoms with E-state index in [1.165, 1.54) is 11.8 Å². The molecule has 1 aliphatic carbocycles. The first-order valence-electron chi connectivity index (χ1n) is 13.9. The van der Waals surface area contributed by atoms with Crippen LogP contribution in [0, 0.1) is 16.7 Å². The van der Waals surface area contributed by atoms with Crippen molar-refractivity contribution in [2.45, 2.75) is 50.6 Å². The van der Waals surface area contributed by atoms with Crippen LogP contribution in [0.2, 0.25) is 0 Å². The van der Waals surface area contributed by atoms with Gasteiger partial charge in [-0.2, -0.15) is 0 Å². The van der Waals surface area contributed by atoms with E-state index in [4.69, 9.17) is 10.1 Å². The van der Waals surface area contributed by atoms with Gasteiger partial charge in [0.05, 0.1) is 17.1 Å². The lowest BCUT2D eigenvalue weighted by Crippen LogP contribution is -2.58. The van der Waals surface area contributed by atoms with Gasteiger partial charge in [-0.3, -0.25) is 15.0 Å². The number of amides is 2. The number of carboxylic acid groups (broad SMARTS) is 1. The first kappa shape index (κ1) is 29.6. The van der Waals surface area contributed by atoms with Gasteiger partial charge in [0.1, 0.15) is 24.4 Å². The summed E-state index contributed by atoms with van der Waals surface area (Å²) in [5.41, 5.74) is 3.61. The number of β-amino-alcohol motifs (C(OH)–C–C–N with tert-alkyl or cyclic N) is 1. The van der Waals surface area contributed by atoms with Crippen LogP contribution in [0.1, 0.15) is 38.3 Å². The molecule has 0 aromatic heterocycles. The van der Waals surface area contributed by atoms with Crippen LogP contribution in [-0.2, 0) is 14.4 Å². The quantitative estimate of drug-likeness (QED) is 0.293. The Balaban J connectivity index is 1.20. The third kappa shape index (κ3) is 5.87. The Hall–Kier alpha value is -3.89. The van der Waals surface area contributed by atoms with Crippen LogP contribution in [0.4, 0.5) is 0 Å². The van der Waals surface area contributed by atoms with Crippen molar-refractivity contribution in [3.8, 4) is 16.9 Å². The van der Waals surface area contributed by atoms with Gasteiger partial charge in [0.25, 0.3) is 0 Å². The average molecular weight is 590 g/mol. The zero-order valence-corrected chi connectivity index (χ0v) is 24.6. The molecule has 2 aromatic carbocycles. The zero-order valence-electron chi connectivity index (χ0n) is 23.7. The highest BCUT2D eigenvalue weighted by Gasteiger charge is 2.45. The third-order valence-electron chi connectivity index (χ3n) is 7.83. The van der Waals surface area contributed by atoms with E-state index in [2.05, 4.69) is 5.32 Å². The average Bonchev–Trinajstić information content (AvgIpc) is 3.65. The van der Waals surface area contributed by atoms with Crippen molar-refractivity contribution in [2.75, 3.05) is 13.2 Å². The fourth-order valence-electron chi connectivity index (χ4n) is 5.64. The number of carbonyl (C=O) groups is 3. The Kier molecular flexibility index (Phi) is 8.30. The Labute approximate surface area is 249 Å². The molecule has 10 heteroatoms. The molecule has 9 nitrogen and oxygen atoms in total. The summed E-state index contributed by atoms with van der Waals surface area (Å²) in [4.78, 5) is 39.7. The molecule has 5 rings (SSSR count). The van der Waals surface area contributed by atoms with Gasteiger partial charge in [0.15, 0.2) is 0 Å². The molecule has 0 radical (unpaired) electrons. The number of carbonyl (C=O) groups excluding carboxylic acids is 2. The number of hydrogen-bond acceptors (Lipinski definition) is 7. The molecule has 42 heavy (non-hydrogen) atoms. The Morgan fingerprint density at radius 1 is 1.14 bits per heavy atom. The van der Waals surface area contributed by atoms with Crippen LogP contribution in [0.25, 0.3) is 11.1 Å². The van der Waals surface area contributed by atoms with E-state index < -0.39 is 40.7 Å². The van der Waals surface area contributed by atoms with Gasteiger partial charge < -0.3 is 25.2 Å². The van der Waals surface area contributed by atoms with Crippen molar-refractivity contribution in [1.29, 1.82) is 5.41 Å². The van der Waals surface area contributed by atoms with E-state index in [1.54, 1.807) is 0 Å². The van der Waals surface area contributed by atoms with E-state index in [0.717, 1.165) is 27.2 Å². The van der Waals surface area contributed by atoms with Crippen molar-refractivity contribution >= 4 is 35.3 Å². The molecular weight excluding hydrogens is 554 g/mol. The highest BCUT2D eigenvalue weighted by molar-refractivity contribution is 8.03. The summed E-state index contributed by atoms with van der Waals surface area (Å²) in [5, 5.41) is 32.3. The van der Waals surface area contributed by atoms with E-state index in [1.807, 2.05) is 86.9 Å². The molecule has 0 spiro atoms. The Bertz CT molecular complexity index is 1480. The van der Waals surface area contributed by atoms with Crippen molar-refractivity contribution in [3.05, 3.63) is 77.2 Å². The largest absolute Gasteiger partial charge is 0.490 e. The molecule has 2 amide bonds. The van der Waals surface area contributed by atoms with Crippen LogP contribution in [0.15, 0.2) is 66.1 Å². The summed E-state index contributed by atoms with van der Waals surface area (Å²) >= 11 is 1.36. The Morgan fingerprint density at radius 3 is 2.57 bits per heavy atom. The van der Waals surface area contributed by atoms with Gasteiger partial charge in [-0.15, -0.1) is 11.8 Å². The summed E-state index contributed by atoms with van der Waals surface area (Å²) in [6.07, 6.45) is 4.72. The molecule has 1 fully saturated rings. The van der Waals surface area contributed by atoms with Gasteiger partial charge in [-0.1, -0.05) is 63.3 Å². The molecule has 4 N–H and O–H groups in total. The maximum absolute atomic E-state index is 13.5. The van der Waals surface area contributed by atoms with Crippen LogP contribution >= 0.6 is 11.8 Å². The lowest BCUT2D eigenvalue weighted by Gasteiger charge is -2.35. The van der Waals surface area contributed by atoms with Crippen LogP contribution in [0.3, 0.4) is 0 Å². The van der Waals surface area contributed by atoms with Crippen molar-refractivity contribution in [2.24, 2.45) is 11.3 Å². The fraction of sp³-hybridized carbons (Fsp3) is 0.375. The summed E-state index contributed by atoms with van der Waals surface area (Å²) in [6.45, 7) is 5.63. The minimum Gasteiger partial charge on any atom is -0.490 e. The molecule has 0 saturated carbocycles. The first-order valence-corrected chi connectivity index (χ1v) is 14.9. The number of nitrogens with zero attached hydrogens (tertiary/aromatic N) is 1. The number of likely N-dealkylation sites (tertiary alicyclic amines) is 1. The standard InChI is InChI=1S/C32H35N3O6S/c1-32(2,3)28(30(38)35-17-19(36)15-25(35)31(39)40)34-29(37)27-18(12-14-42-27)7-6-13-41-20-10-11-22-21-8-4-5-9-23(21)26(33)24(22)16-20/h4-12,14,16,18-19,25,27-28,33,36H,13,15,17H2,1-3H3,(H,34,37)(H,39,40)/b7-6+,33-26?/t18?,19-,25+,27?,28-/m1/s1. The number of benzene rings is 2. The van der Waals surface area contributed by atoms with Crippen molar-refractivity contribution in [1.82, 2.24) is 10.2 Å². The second-order valence-electron chi connectivity index (χ2n) is 11.9. The molecule has 2 aromatic rings. The number of hydrogen-bond donors (Lipinski definition) is 4. The van der Waals surface area contributed by atoms with E-state index in [0.29, 0.717) is 11.5 Å². The van der Waals surface area contributed by atoms with Crippen LogP contribution in [0.5, 0.6) is 5.75 Å². The van der Waals surface area contributed by atoms with Gasteiger partial charge >= 0.3 is 5.97 Å². The maximum atomic E-state index is 13.5. The minimum absolute atomic E-state index is 0.0368. The predicted molar refractivity (Wildman–Crippen MR) is 162 cm³/mol. The highest BCUT2D eigenvalue weighted by atomic mass is 32.2. The summed E-state index contributed by atoms with van der Waals surface area (Å²) < 4.78 is 5.94. The predicted octanol–water partition coefficient (Wildman–Crippen LogP) is 3.84. The van der Waals surface area contributed by atoms with E-state index in [9.17, 15) is 24.6 Å². The molecular formula is C32H35N3O6S. The summed E-state index contributed by atoms with van der Waals surface area (Å²) in [5.74, 6) is -1.58. The second kappa shape index (κ2) is 11.8. The van der Waals surface area contributed by atoms with E-state index in [-0.39, 0.29) is 31.4 Å². The number of aliphatic carboxylic acids is 1. The van der Waals surface area contributed by atoms with E-state index >= 15 is 0 Å². The summed E-state index contributed by atoms with van der Waals surface area (Å²) in [7, 11) is 0. The zero-order chi connectivity index (χ0) is 30.2. The molecule has 1 saturated heterocycles. The van der Waals surface area contributed by atoms with Crippen LogP contribution < -0.4 is 10.1 Å². The van der Waals surface area contributed by atoms with Gasteiger partial charge in [-0.25, -0.2) is 4.79 Å². The lowest BCUT2D eigenvalue weighted by atomic mass is 9.85. The van der Waals surface area contributed by atoms with Crippen LogP contribution in [-0.4, -0.2) is 75.2 Å². The normalized spacial score (nSPS) is 23.6. The SMILES string of the molecule is CC(C)(C)[C@H](NC(=O)C1SC=CC1/C=C/COc1ccc2c(c1)C(=N)c1ccccc1-2)C(=O)N1C[C@H](O)C[C@H]1C(=O)O. The molecule has 0 bridgehead atoms. The number of thioether (sulfide) groups is 1. The number of carboxylic acids is 1. The number of allylic oxidation sites excluding steroid dienone is 2. The monoisotopic (exact) mass is 589 g/mol. The van der Waals surface area contributed by atoms with Crippen molar-refractivity contribution < 1.29 is 29.3 Å². The second-order valence-corrected chi connectivity index (χ2v) is 12.9. The summed E-state index contributed by atoms with van der Waals surface area (Å²) in [6, 6.07) is 11.5. The first-order chi connectivity index (χ1) is 20.0. The Morgan fingerprint density at radius 2 is 1.86 bits per heavy atom. The molecule has 2 aliphatic heterocycles. The van der Waals surface area contributed by atoms with Gasteiger partial charge in [0.2, 0.25) is 11.8 Å². The number of fused-ring (bicyclic) bond motifs is 3. The van der Waals surface area contributed by atoms with Gasteiger partial charge in [-0.05, 0) is 40.1 Å². The fourth-order valence-corrected chi connectivity index (χ4v) is 6.63. The molecule has 5 atom stereocenters. The minimum atomic E-state index is -1.18. The number of aliphatic hydroxyl groups excluding tert-OH is 1. The number of nitrogens with one attached hydrogen (secondary N) is 2. The lowest BCUT2D eigenvalue weighted by molar-refractivity contribution is -0.150. The number of ether oxygens (including phenoxy) is 1.